The first-order chi connectivity index (χ1) is 10.7. The molecule has 0 fully saturated rings. The predicted molar refractivity (Wildman–Crippen MR) is 89.8 cm³/mol. The average Bonchev–Trinajstić information content (AvgIpc) is 2.45. The maximum Gasteiger partial charge on any atom is 0.308 e. The summed E-state index contributed by atoms with van der Waals surface area (Å²) in [5, 5.41) is 14.0. The quantitative estimate of drug-likeness (QED) is 0.576. The number of nitrogens with one attached hydrogen (secondary N) is 1. The molecular formula is C17H23N3O3. The average molecular weight is 317 g/mol. The lowest BCUT2D eigenvalue weighted by Crippen LogP contribution is -2.42. The lowest BCUT2D eigenvalue weighted by Gasteiger charge is -2.24. The van der Waals surface area contributed by atoms with Crippen LogP contribution in [0.2, 0.25) is 0 Å². The van der Waals surface area contributed by atoms with Gasteiger partial charge in [0.1, 0.15) is 11.8 Å². The summed E-state index contributed by atoms with van der Waals surface area (Å²) in [6, 6.07) is 8.53. The second kappa shape index (κ2) is 6.93. The van der Waals surface area contributed by atoms with Crippen LogP contribution >= 0.6 is 0 Å². The number of nitrogens with zero attached hydrogens (tertiary/aromatic N) is 1. The number of hydrogen-bond acceptors (Lipinski definition) is 6. The minimum Gasteiger partial charge on any atom is -0.460 e. The molecule has 6 nitrogen and oxygen atoms in total. The first-order valence-corrected chi connectivity index (χ1v) is 7.51. The van der Waals surface area contributed by atoms with Crippen molar-refractivity contribution < 1.29 is 14.6 Å². The smallest absolute Gasteiger partial charge is 0.308 e. The van der Waals surface area contributed by atoms with Gasteiger partial charge in [-0.15, -0.1) is 0 Å². The zero-order valence-electron chi connectivity index (χ0n) is 13.6. The van der Waals surface area contributed by atoms with Crippen LogP contribution in [0.1, 0.15) is 27.2 Å². The number of aliphatic hydroxyl groups excluding tert-OH is 1. The first kappa shape index (κ1) is 17.2. The minimum absolute atomic E-state index is 0.0689. The molecule has 0 aliphatic carbocycles. The molecule has 2 atom stereocenters. The molecular weight excluding hydrogens is 294 g/mol. The van der Waals surface area contributed by atoms with Gasteiger partial charge in [0.05, 0.1) is 18.0 Å². The molecule has 0 saturated carbocycles. The monoisotopic (exact) mass is 317 g/mol. The van der Waals surface area contributed by atoms with E-state index in [0.717, 1.165) is 10.9 Å². The van der Waals surface area contributed by atoms with Gasteiger partial charge in [-0.05, 0) is 45.0 Å². The number of fused-ring (bicyclic) bond motifs is 1. The van der Waals surface area contributed by atoms with Gasteiger partial charge in [-0.3, -0.25) is 9.78 Å². The predicted octanol–water partition coefficient (Wildman–Crippen LogP) is 2.02. The summed E-state index contributed by atoms with van der Waals surface area (Å²) in [5.74, 6) is -0.437. The molecule has 6 heteroatoms. The summed E-state index contributed by atoms with van der Waals surface area (Å²) < 4.78 is 5.20. The van der Waals surface area contributed by atoms with E-state index < -0.39 is 23.8 Å². The van der Waals surface area contributed by atoms with E-state index in [0.29, 0.717) is 5.69 Å². The Labute approximate surface area is 135 Å². The molecule has 4 N–H and O–H groups in total. The number of benzene rings is 1. The fourth-order valence-corrected chi connectivity index (χ4v) is 2.13. The highest BCUT2D eigenvalue weighted by Crippen LogP contribution is 2.18. The van der Waals surface area contributed by atoms with Crippen molar-refractivity contribution in [1.82, 2.24) is 4.98 Å². The van der Waals surface area contributed by atoms with Gasteiger partial charge in [0, 0.05) is 17.3 Å². The van der Waals surface area contributed by atoms with E-state index in [2.05, 4.69) is 10.3 Å². The molecule has 124 valence electrons. The molecule has 23 heavy (non-hydrogen) atoms. The number of pyridine rings is 1. The van der Waals surface area contributed by atoms with E-state index >= 15 is 0 Å². The number of aromatic nitrogens is 1. The summed E-state index contributed by atoms with van der Waals surface area (Å²) >= 11 is 0. The van der Waals surface area contributed by atoms with E-state index in [1.54, 1.807) is 33.0 Å². The Hall–Kier alpha value is -2.18. The minimum atomic E-state index is -1.06. The Morgan fingerprint density at radius 2 is 2.13 bits per heavy atom. The normalized spacial score (nSPS) is 14.3. The Bertz CT molecular complexity index is 682. The molecule has 0 radical (unpaired) electrons. The molecule has 0 saturated heterocycles. The SMILES string of the molecule is CC(C)(C)OC(=O)CC(N)C(O)Nc1ccc2ncccc2c1. The van der Waals surface area contributed by atoms with Gasteiger partial charge in [-0.25, -0.2) is 0 Å². The van der Waals surface area contributed by atoms with E-state index in [1.807, 2.05) is 24.3 Å². The highest BCUT2D eigenvalue weighted by molar-refractivity contribution is 5.82. The van der Waals surface area contributed by atoms with Crippen molar-refractivity contribution in [3.05, 3.63) is 36.5 Å². The highest BCUT2D eigenvalue weighted by atomic mass is 16.6. The van der Waals surface area contributed by atoms with Crippen LogP contribution in [0.4, 0.5) is 5.69 Å². The Morgan fingerprint density at radius 1 is 1.39 bits per heavy atom. The summed E-state index contributed by atoms with van der Waals surface area (Å²) in [6.07, 6.45) is 0.596. The number of carbonyl (C=O) groups excluding carboxylic acids is 1. The maximum atomic E-state index is 11.8. The Kier molecular flexibility index (Phi) is 5.18. The number of anilines is 1. The van der Waals surface area contributed by atoms with Crippen molar-refractivity contribution >= 4 is 22.6 Å². The Balaban J connectivity index is 1.96. The Morgan fingerprint density at radius 3 is 2.83 bits per heavy atom. The number of esters is 1. The summed E-state index contributed by atoms with van der Waals surface area (Å²) in [5.41, 5.74) is 6.88. The van der Waals surface area contributed by atoms with Crippen molar-refractivity contribution in [3.63, 3.8) is 0 Å². The number of nitrogens with two attached hydrogens (primary N) is 1. The number of rotatable bonds is 5. The number of ether oxygens (including phenoxy) is 1. The van der Waals surface area contributed by atoms with Crippen molar-refractivity contribution in [3.8, 4) is 0 Å². The molecule has 0 spiro atoms. The van der Waals surface area contributed by atoms with Crippen molar-refractivity contribution in [2.24, 2.45) is 5.73 Å². The summed E-state index contributed by atoms with van der Waals surface area (Å²) in [4.78, 5) is 16.0. The van der Waals surface area contributed by atoms with E-state index in [-0.39, 0.29) is 6.42 Å². The maximum absolute atomic E-state index is 11.8. The van der Waals surface area contributed by atoms with Crippen LogP contribution in [-0.2, 0) is 9.53 Å². The van der Waals surface area contributed by atoms with Gasteiger partial charge in [0.2, 0.25) is 0 Å². The van der Waals surface area contributed by atoms with Crippen LogP contribution in [0.25, 0.3) is 10.9 Å². The molecule has 0 aliphatic rings. The van der Waals surface area contributed by atoms with Crippen molar-refractivity contribution in [1.29, 1.82) is 0 Å². The van der Waals surface area contributed by atoms with Crippen LogP contribution < -0.4 is 11.1 Å². The van der Waals surface area contributed by atoms with Gasteiger partial charge < -0.3 is 20.9 Å². The van der Waals surface area contributed by atoms with Crippen LogP contribution in [0.3, 0.4) is 0 Å². The molecule has 1 aromatic carbocycles. The van der Waals surface area contributed by atoms with E-state index in [9.17, 15) is 9.90 Å². The zero-order valence-corrected chi connectivity index (χ0v) is 13.6. The van der Waals surface area contributed by atoms with Gasteiger partial charge in [-0.1, -0.05) is 6.07 Å². The molecule has 2 aromatic rings. The fourth-order valence-electron chi connectivity index (χ4n) is 2.13. The number of aliphatic hydroxyl groups is 1. The molecule has 0 aliphatic heterocycles. The molecule has 1 heterocycles. The molecule has 1 aromatic heterocycles. The van der Waals surface area contributed by atoms with Crippen LogP contribution in [-0.4, -0.2) is 33.9 Å². The second-order valence-corrected chi connectivity index (χ2v) is 6.45. The third-order valence-corrected chi connectivity index (χ3v) is 3.15. The molecule has 0 amide bonds. The summed E-state index contributed by atoms with van der Waals surface area (Å²) in [6.45, 7) is 5.36. The zero-order chi connectivity index (χ0) is 17.0. The lowest BCUT2D eigenvalue weighted by atomic mass is 10.1. The molecule has 2 rings (SSSR count). The topological polar surface area (TPSA) is 97.5 Å². The number of carbonyl (C=O) groups is 1. The van der Waals surface area contributed by atoms with Crippen LogP contribution in [0, 0.1) is 0 Å². The van der Waals surface area contributed by atoms with E-state index in [4.69, 9.17) is 10.5 Å². The van der Waals surface area contributed by atoms with Crippen molar-refractivity contribution in [2.45, 2.75) is 45.1 Å². The van der Waals surface area contributed by atoms with Gasteiger partial charge in [-0.2, -0.15) is 0 Å². The highest BCUT2D eigenvalue weighted by Gasteiger charge is 2.22. The van der Waals surface area contributed by atoms with Crippen LogP contribution in [0.15, 0.2) is 36.5 Å². The molecule has 2 unspecified atom stereocenters. The van der Waals surface area contributed by atoms with Crippen LogP contribution in [0.5, 0.6) is 0 Å². The second-order valence-electron chi connectivity index (χ2n) is 6.45. The fraction of sp³-hybridized carbons (Fsp3) is 0.412. The van der Waals surface area contributed by atoms with Gasteiger partial charge in [0.25, 0.3) is 0 Å². The molecule has 0 bridgehead atoms. The standard InChI is InChI=1S/C17H23N3O3/c1-17(2,3)23-15(21)10-13(18)16(22)20-12-6-7-14-11(9-12)5-4-8-19-14/h4-9,13,16,20,22H,10,18H2,1-3H3. The van der Waals surface area contributed by atoms with Crippen molar-refractivity contribution in [2.75, 3.05) is 5.32 Å². The lowest BCUT2D eigenvalue weighted by molar-refractivity contribution is -0.155. The number of hydrogen-bond donors (Lipinski definition) is 3. The van der Waals surface area contributed by atoms with Gasteiger partial charge in [0.15, 0.2) is 0 Å². The van der Waals surface area contributed by atoms with Gasteiger partial charge >= 0.3 is 5.97 Å². The largest absolute Gasteiger partial charge is 0.460 e. The summed E-state index contributed by atoms with van der Waals surface area (Å²) in [7, 11) is 0. The third-order valence-electron chi connectivity index (χ3n) is 3.15. The third kappa shape index (κ3) is 5.19. The first-order valence-electron chi connectivity index (χ1n) is 7.51. The van der Waals surface area contributed by atoms with E-state index in [1.165, 1.54) is 0 Å².